The summed E-state index contributed by atoms with van der Waals surface area (Å²) in [5, 5.41) is 3.59. The lowest BCUT2D eigenvalue weighted by molar-refractivity contribution is 0.0490. The van der Waals surface area contributed by atoms with Gasteiger partial charge in [-0.3, -0.25) is 0 Å². The molecule has 2 aliphatic rings. The van der Waals surface area contributed by atoms with E-state index >= 15 is 0 Å². The Balaban J connectivity index is 2.06. The molecule has 0 bridgehead atoms. The molecular weight excluding hydrogens is 198 g/mol. The Morgan fingerprint density at radius 2 is 1.56 bits per heavy atom. The Hall–Kier alpha value is -0.0800. The van der Waals surface area contributed by atoms with Crippen molar-refractivity contribution in [3.63, 3.8) is 0 Å². The first-order valence-electron chi connectivity index (χ1n) is 6.68. The van der Waals surface area contributed by atoms with Crippen molar-refractivity contribution in [2.75, 3.05) is 20.3 Å². The molecule has 0 radical (unpaired) electrons. The maximum atomic E-state index is 5.47. The van der Waals surface area contributed by atoms with E-state index in [-0.39, 0.29) is 0 Å². The summed E-state index contributed by atoms with van der Waals surface area (Å²) in [6.45, 7) is 11.6. The minimum absolute atomic E-state index is 0.485. The standard InChI is InChI=1S/C14H27NO/c1-13(2)12(14(13,3)4)11(15-5)10-6-8-16-9-7-10/h10-12,15H,6-9H2,1-5H3. The second-order valence-corrected chi connectivity index (χ2v) is 6.69. The van der Waals surface area contributed by atoms with Crippen molar-refractivity contribution in [1.82, 2.24) is 5.32 Å². The molecule has 0 amide bonds. The van der Waals surface area contributed by atoms with Crippen molar-refractivity contribution in [2.24, 2.45) is 22.7 Å². The minimum atomic E-state index is 0.485. The number of rotatable bonds is 3. The highest BCUT2D eigenvalue weighted by Gasteiger charge is 2.67. The number of hydrogen-bond acceptors (Lipinski definition) is 2. The van der Waals surface area contributed by atoms with Gasteiger partial charge in [-0.05, 0) is 42.6 Å². The van der Waals surface area contributed by atoms with E-state index in [0.29, 0.717) is 16.9 Å². The van der Waals surface area contributed by atoms with Crippen LogP contribution in [0.1, 0.15) is 40.5 Å². The van der Waals surface area contributed by atoms with Crippen molar-refractivity contribution < 1.29 is 4.74 Å². The zero-order chi connectivity index (χ0) is 12.0. The van der Waals surface area contributed by atoms with Crippen LogP contribution in [0.25, 0.3) is 0 Å². The zero-order valence-electron chi connectivity index (χ0n) is 11.5. The van der Waals surface area contributed by atoms with Gasteiger partial charge in [0.25, 0.3) is 0 Å². The van der Waals surface area contributed by atoms with Gasteiger partial charge in [-0.1, -0.05) is 27.7 Å². The summed E-state index contributed by atoms with van der Waals surface area (Å²) < 4.78 is 5.47. The van der Waals surface area contributed by atoms with Crippen LogP contribution in [0.4, 0.5) is 0 Å². The highest BCUT2D eigenvalue weighted by atomic mass is 16.5. The third-order valence-corrected chi connectivity index (χ3v) is 5.60. The van der Waals surface area contributed by atoms with E-state index in [0.717, 1.165) is 25.0 Å². The lowest BCUT2D eigenvalue weighted by atomic mass is 9.86. The topological polar surface area (TPSA) is 21.3 Å². The second kappa shape index (κ2) is 3.99. The highest BCUT2D eigenvalue weighted by molar-refractivity contribution is 5.17. The molecule has 1 heterocycles. The van der Waals surface area contributed by atoms with Gasteiger partial charge in [-0.25, -0.2) is 0 Å². The van der Waals surface area contributed by atoms with E-state index in [2.05, 4.69) is 40.1 Å². The summed E-state index contributed by atoms with van der Waals surface area (Å²) in [5.74, 6) is 1.62. The fraction of sp³-hybridized carbons (Fsp3) is 1.00. The Morgan fingerprint density at radius 3 is 1.94 bits per heavy atom. The number of hydrogen-bond donors (Lipinski definition) is 1. The van der Waals surface area contributed by atoms with Gasteiger partial charge < -0.3 is 10.1 Å². The molecule has 1 saturated carbocycles. The molecule has 1 N–H and O–H groups in total. The average Bonchev–Trinajstić information content (AvgIpc) is 2.64. The largest absolute Gasteiger partial charge is 0.381 e. The van der Waals surface area contributed by atoms with Crippen molar-refractivity contribution >= 4 is 0 Å². The molecule has 1 unspecified atom stereocenters. The van der Waals surface area contributed by atoms with Gasteiger partial charge in [-0.15, -0.1) is 0 Å². The number of nitrogens with one attached hydrogen (secondary N) is 1. The maximum Gasteiger partial charge on any atom is 0.0469 e. The predicted molar refractivity (Wildman–Crippen MR) is 67.4 cm³/mol. The fourth-order valence-corrected chi connectivity index (χ4v) is 3.89. The molecule has 2 fully saturated rings. The molecule has 2 heteroatoms. The van der Waals surface area contributed by atoms with Crippen LogP contribution in [0, 0.1) is 22.7 Å². The zero-order valence-corrected chi connectivity index (χ0v) is 11.5. The van der Waals surface area contributed by atoms with Crippen LogP contribution in [-0.4, -0.2) is 26.3 Å². The van der Waals surface area contributed by atoms with E-state index < -0.39 is 0 Å². The summed E-state index contributed by atoms with van der Waals surface area (Å²) >= 11 is 0. The maximum absolute atomic E-state index is 5.47. The fourth-order valence-electron chi connectivity index (χ4n) is 3.89. The molecule has 0 aromatic rings. The molecule has 94 valence electrons. The quantitative estimate of drug-likeness (QED) is 0.797. The van der Waals surface area contributed by atoms with Gasteiger partial charge in [0.15, 0.2) is 0 Å². The summed E-state index contributed by atoms with van der Waals surface area (Å²) in [4.78, 5) is 0. The smallest absolute Gasteiger partial charge is 0.0469 e. The van der Waals surface area contributed by atoms with Gasteiger partial charge >= 0.3 is 0 Å². The Bertz CT molecular complexity index is 239. The van der Waals surface area contributed by atoms with E-state index in [1.807, 2.05) is 0 Å². The van der Waals surface area contributed by atoms with Gasteiger partial charge in [0.05, 0.1) is 0 Å². The van der Waals surface area contributed by atoms with Gasteiger partial charge in [0, 0.05) is 19.3 Å². The van der Waals surface area contributed by atoms with Gasteiger partial charge in [0.1, 0.15) is 0 Å². The van der Waals surface area contributed by atoms with Crippen molar-refractivity contribution in [1.29, 1.82) is 0 Å². The molecule has 2 rings (SSSR count). The van der Waals surface area contributed by atoms with Gasteiger partial charge in [0.2, 0.25) is 0 Å². The van der Waals surface area contributed by atoms with Crippen molar-refractivity contribution in [3.05, 3.63) is 0 Å². The third-order valence-electron chi connectivity index (χ3n) is 5.60. The first kappa shape index (κ1) is 12.4. The van der Waals surface area contributed by atoms with Crippen LogP contribution in [-0.2, 0) is 4.74 Å². The van der Waals surface area contributed by atoms with E-state index in [9.17, 15) is 0 Å². The summed E-state index contributed by atoms with van der Waals surface area (Å²) in [5.41, 5.74) is 0.970. The van der Waals surface area contributed by atoms with E-state index in [1.54, 1.807) is 0 Å². The molecule has 1 saturated heterocycles. The minimum Gasteiger partial charge on any atom is -0.381 e. The normalized spacial score (nSPS) is 31.3. The van der Waals surface area contributed by atoms with Crippen LogP contribution < -0.4 is 5.32 Å². The first-order chi connectivity index (χ1) is 7.43. The lowest BCUT2D eigenvalue weighted by Crippen LogP contribution is -2.40. The molecule has 1 aliphatic heterocycles. The van der Waals surface area contributed by atoms with Crippen LogP contribution in [0.15, 0.2) is 0 Å². The van der Waals surface area contributed by atoms with Gasteiger partial charge in [-0.2, -0.15) is 0 Å². The molecule has 0 spiro atoms. The molecule has 1 aliphatic carbocycles. The lowest BCUT2D eigenvalue weighted by Gasteiger charge is -2.31. The van der Waals surface area contributed by atoms with E-state index in [1.165, 1.54) is 12.8 Å². The van der Waals surface area contributed by atoms with E-state index in [4.69, 9.17) is 4.74 Å². The Morgan fingerprint density at radius 1 is 1.06 bits per heavy atom. The highest BCUT2D eigenvalue weighted by Crippen LogP contribution is 2.70. The SMILES string of the molecule is CNC(C1CCOCC1)C1C(C)(C)C1(C)C. The summed E-state index contributed by atoms with van der Waals surface area (Å²) in [6.07, 6.45) is 2.46. The molecule has 16 heavy (non-hydrogen) atoms. The van der Waals surface area contributed by atoms with Crippen LogP contribution in [0.2, 0.25) is 0 Å². The monoisotopic (exact) mass is 225 g/mol. The second-order valence-electron chi connectivity index (χ2n) is 6.69. The summed E-state index contributed by atoms with van der Waals surface area (Å²) in [6, 6.07) is 0.675. The predicted octanol–water partition coefficient (Wildman–Crippen LogP) is 2.68. The molecule has 2 nitrogen and oxygen atoms in total. The Kier molecular flexibility index (Phi) is 3.09. The molecular formula is C14H27NO. The average molecular weight is 225 g/mol. The first-order valence-corrected chi connectivity index (χ1v) is 6.68. The molecule has 0 aromatic carbocycles. The van der Waals surface area contributed by atoms with Crippen molar-refractivity contribution in [2.45, 2.75) is 46.6 Å². The van der Waals surface area contributed by atoms with Crippen LogP contribution in [0.5, 0.6) is 0 Å². The number of ether oxygens (including phenoxy) is 1. The third kappa shape index (κ3) is 1.70. The van der Waals surface area contributed by atoms with Crippen molar-refractivity contribution in [3.8, 4) is 0 Å². The molecule has 1 atom stereocenters. The molecule has 0 aromatic heterocycles. The summed E-state index contributed by atoms with van der Waals surface area (Å²) in [7, 11) is 2.13. The van der Waals surface area contributed by atoms with Crippen LogP contribution >= 0.6 is 0 Å². The Labute approximate surface area is 100 Å². The van der Waals surface area contributed by atoms with Crippen LogP contribution in [0.3, 0.4) is 0 Å².